The SMILES string of the molecule is CC(C)C(CNC(=O)Nc1ccccc1SC(F)(F)F)N1CCN(C)CC1. The summed E-state index contributed by atoms with van der Waals surface area (Å²) < 4.78 is 38.0. The molecule has 1 aromatic rings. The maximum atomic E-state index is 12.7. The number of thioether (sulfide) groups is 1. The minimum atomic E-state index is -4.40. The number of nitrogens with one attached hydrogen (secondary N) is 2. The molecule has 5 nitrogen and oxygen atoms in total. The maximum absolute atomic E-state index is 12.7. The van der Waals surface area contributed by atoms with Crippen molar-refractivity contribution in [2.45, 2.75) is 30.3 Å². The Morgan fingerprint density at radius 2 is 1.81 bits per heavy atom. The standard InChI is InChI=1S/C18H27F3N4OS/c1-13(2)15(25-10-8-24(3)9-11-25)12-22-17(26)23-14-6-4-5-7-16(14)27-18(19,20)21/h4-7,13,15H,8-12H2,1-3H3,(H2,22,23,26). The second kappa shape index (κ2) is 9.66. The van der Waals surface area contributed by atoms with E-state index in [2.05, 4.69) is 41.3 Å². The fourth-order valence-electron chi connectivity index (χ4n) is 3.09. The van der Waals surface area contributed by atoms with Crippen LogP contribution < -0.4 is 10.6 Å². The zero-order chi connectivity index (χ0) is 20.0. The highest BCUT2D eigenvalue weighted by Crippen LogP contribution is 2.40. The van der Waals surface area contributed by atoms with Crippen molar-refractivity contribution in [1.29, 1.82) is 0 Å². The lowest BCUT2D eigenvalue weighted by molar-refractivity contribution is -0.0328. The lowest BCUT2D eigenvalue weighted by atomic mass is 10.0. The van der Waals surface area contributed by atoms with E-state index in [0.717, 1.165) is 26.2 Å². The third kappa shape index (κ3) is 7.23. The molecule has 0 radical (unpaired) electrons. The molecule has 1 saturated heterocycles. The molecule has 152 valence electrons. The summed E-state index contributed by atoms with van der Waals surface area (Å²) in [7, 11) is 2.09. The van der Waals surface area contributed by atoms with Crippen LogP contribution in [0.25, 0.3) is 0 Å². The Hall–Kier alpha value is -1.45. The number of likely N-dealkylation sites (N-methyl/N-ethyl adjacent to an activating group) is 1. The molecule has 2 N–H and O–H groups in total. The highest BCUT2D eigenvalue weighted by atomic mass is 32.2. The van der Waals surface area contributed by atoms with Crippen LogP contribution in [-0.2, 0) is 0 Å². The first-order chi connectivity index (χ1) is 12.7. The highest BCUT2D eigenvalue weighted by Gasteiger charge is 2.30. The largest absolute Gasteiger partial charge is 0.446 e. The van der Waals surface area contributed by atoms with Crippen LogP contribution in [0.15, 0.2) is 29.2 Å². The average Bonchev–Trinajstić information content (AvgIpc) is 2.57. The first kappa shape index (κ1) is 21.8. The number of piperazine rings is 1. The normalized spacial score (nSPS) is 17.7. The summed E-state index contributed by atoms with van der Waals surface area (Å²) in [4.78, 5) is 16.9. The Morgan fingerprint density at radius 1 is 1.19 bits per heavy atom. The molecule has 1 heterocycles. The van der Waals surface area contributed by atoms with Crippen LogP contribution in [0.2, 0.25) is 0 Å². The van der Waals surface area contributed by atoms with E-state index in [1.54, 1.807) is 6.07 Å². The van der Waals surface area contributed by atoms with Gasteiger partial charge in [0.1, 0.15) is 0 Å². The number of rotatable bonds is 6. The number of hydrogen-bond donors (Lipinski definition) is 2. The van der Waals surface area contributed by atoms with Gasteiger partial charge in [0.25, 0.3) is 0 Å². The molecule has 0 aliphatic carbocycles. The van der Waals surface area contributed by atoms with E-state index in [4.69, 9.17) is 0 Å². The van der Waals surface area contributed by atoms with Crippen LogP contribution in [0.3, 0.4) is 0 Å². The predicted molar refractivity (Wildman–Crippen MR) is 103 cm³/mol. The van der Waals surface area contributed by atoms with Crippen LogP contribution in [0.1, 0.15) is 13.8 Å². The summed E-state index contributed by atoms with van der Waals surface area (Å²) in [5.74, 6) is 0.349. The molecule has 1 aromatic carbocycles. The van der Waals surface area contributed by atoms with Gasteiger partial charge in [-0.2, -0.15) is 13.2 Å². The van der Waals surface area contributed by atoms with Gasteiger partial charge < -0.3 is 15.5 Å². The average molecular weight is 405 g/mol. The van der Waals surface area contributed by atoms with Crippen LogP contribution in [-0.4, -0.2) is 67.2 Å². The fraction of sp³-hybridized carbons (Fsp3) is 0.611. The summed E-state index contributed by atoms with van der Waals surface area (Å²) in [6.07, 6.45) is 0. The molecule has 0 bridgehead atoms. The van der Waals surface area contributed by atoms with E-state index in [-0.39, 0.29) is 28.4 Å². The Bertz CT molecular complexity index is 619. The molecule has 1 unspecified atom stereocenters. The van der Waals surface area contributed by atoms with Gasteiger partial charge in [-0.05, 0) is 36.9 Å². The summed E-state index contributed by atoms with van der Waals surface area (Å²) in [5, 5.41) is 5.36. The molecule has 1 aliphatic heterocycles. The molecule has 1 fully saturated rings. The van der Waals surface area contributed by atoms with Gasteiger partial charge in [0.2, 0.25) is 0 Å². The topological polar surface area (TPSA) is 47.6 Å². The maximum Gasteiger partial charge on any atom is 0.446 e. The van der Waals surface area contributed by atoms with Gasteiger partial charge in [-0.1, -0.05) is 26.0 Å². The minimum Gasteiger partial charge on any atom is -0.336 e. The van der Waals surface area contributed by atoms with Crippen molar-refractivity contribution in [3.8, 4) is 0 Å². The number of carbonyl (C=O) groups excluding carboxylic acids is 1. The number of para-hydroxylation sites is 1. The highest BCUT2D eigenvalue weighted by molar-refractivity contribution is 8.00. The zero-order valence-corrected chi connectivity index (χ0v) is 16.7. The summed E-state index contributed by atoms with van der Waals surface area (Å²) in [5.41, 5.74) is -4.25. The zero-order valence-electron chi connectivity index (χ0n) is 15.8. The van der Waals surface area contributed by atoms with Crippen molar-refractivity contribution < 1.29 is 18.0 Å². The molecule has 0 aromatic heterocycles. The second-order valence-corrected chi connectivity index (χ2v) is 8.14. The van der Waals surface area contributed by atoms with E-state index in [0.29, 0.717) is 12.5 Å². The Balaban J connectivity index is 1.93. The van der Waals surface area contributed by atoms with Crippen LogP contribution >= 0.6 is 11.8 Å². The number of hydrogen-bond acceptors (Lipinski definition) is 4. The van der Waals surface area contributed by atoms with Gasteiger partial charge >= 0.3 is 11.5 Å². The van der Waals surface area contributed by atoms with Gasteiger partial charge in [-0.3, -0.25) is 4.90 Å². The van der Waals surface area contributed by atoms with E-state index in [9.17, 15) is 18.0 Å². The first-order valence-corrected chi connectivity index (χ1v) is 9.79. The van der Waals surface area contributed by atoms with E-state index >= 15 is 0 Å². The molecular formula is C18H27F3N4OS. The fourth-order valence-corrected chi connectivity index (χ4v) is 3.71. The van der Waals surface area contributed by atoms with E-state index in [1.165, 1.54) is 18.2 Å². The number of halogens is 3. The lowest BCUT2D eigenvalue weighted by Crippen LogP contribution is -2.54. The number of benzene rings is 1. The quantitative estimate of drug-likeness (QED) is 0.710. The van der Waals surface area contributed by atoms with Crippen molar-refractivity contribution in [3.63, 3.8) is 0 Å². The van der Waals surface area contributed by atoms with Crippen molar-refractivity contribution in [2.24, 2.45) is 5.92 Å². The molecule has 27 heavy (non-hydrogen) atoms. The Kier molecular flexibility index (Phi) is 7.81. The van der Waals surface area contributed by atoms with Gasteiger partial charge in [-0.15, -0.1) is 0 Å². The molecule has 9 heteroatoms. The molecule has 2 amide bonds. The van der Waals surface area contributed by atoms with E-state index < -0.39 is 11.5 Å². The molecule has 0 spiro atoms. The van der Waals surface area contributed by atoms with Crippen molar-refractivity contribution in [2.75, 3.05) is 45.1 Å². The Labute approximate surface area is 162 Å². The second-order valence-electron chi connectivity index (χ2n) is 7.03. The number of anilines is 1. The van der Waals surface area contributed by atoms with Gasteiger partial charge in [0.05, 0.1) is 5.69 Å². The summed E-state index contributed by atoms with van der Waals surface area (Å²) in [6.45, 7) is 8.51. The number of urea groups is 1. The summed E-state index contributed by atoms with van der Waals surface area (Å²) in [6, 6.07) is 5.61. The van der Waals surface area contributed by atoms with Crippen LogP contribution in [0, 0.1) is 5.92 Å². The van der Waals surface area contributed by atoms with Crippen molar-refractivity contribution in [1.82, 2.24) is 15.1 Å². The van der Waals surface area contributed by atoms with Gasteiger partial charge in [0.15, 0.2) is 0 Å². The first-order valence-electron chi connectivity index (χ1n) is 8.98. The number of amides is 2. The van der Waals surface area contributed by atoms with E-state index in [1.807, 2.05) is 0 Å². The molecular weight excluding hydrogens is 377 g/mol. The third-order valence-electron chi connectivity index (χ3n) is 4.61. The molecule has 0 saturated carbocycles. The van der Waals surface area contributed by atoms with Gasteiger partial charge in [0, 0.05) is 43.7 Å². The molecule has 2 rings (SSSR count). The monoisotopic (exact) mass is 404 g/mol. The van der Waals surface area contributed by atoms with Crippen molar-refractivity contribution in [3.05, 3.63) is 24.3 Å². The van der Waals surface area contributed by atoms with Crippen LogP contribution in [0.4, 0.5) is 23.7 Å². The lowest BCUT2D eigenvalue weighted by Gasteiger charge is -2.39. The predicted octanol–water partition coefficient (Wildman–Crippen LogP) is 3.69. The third-order valence-corrected chi connectivity index (χ3v) is 5.42. The molecule has 1 aliphatic rings. The minimum absolute atomic E-state index is 0.0281. The Morgan fingerprint density at radius 3 is 2.41 bits per heavy atom. The number of carbonyl (C=O) groups is 1. The molecule has 1 atom stereocenters. The van der Waals surface area contributed by atoms with Crippen molar-refractivity contribution >= 4 is 23.5 Å². The number of alkyl halides is 3. The van der Waals surface area contributed by atoms with Crippen LogP contribution in [0.5, 0.6) is 0 Å². The number of nitrogens with zero attached hydrogens (tertiary/aromatic N) is 2. The smallest absolute Gasteiger partial charge is 0.336 e. The van der Waals surface area contributed by atoms with Gasteiger partial charge in [-0.25, -0.2) is 4.79 Å². The summed E-state index contributed by atoms with van der Waals surface area (Å²) >= 11 is -0.234.